The van der Waals surface area contributed by atoms with E-state index in [4.69, 9.17) is 4.74 Å². The number of ether oxygens (including phenoxy) is 1. The van der Waals surface area contributed by atoms with Crippen molar-refractivity contribution in [2.45, 2.75) is 47.1 Å². The first kappa shape index (κ1) is 14.4. The number of esters is 1. The predicted octanol–water partition coefficient (Wildman–Crippen LogP) is 2.21. The van der Waals surface area contributed by atoms with Crippen LogP contribution in [0.1, 0.15) is 41.0 Å². The molecule has 0 fully saturated rings. The van der Waals surface area contributed by atoms with Gasteiger partial charge in [0, 0.05) is 0 Å². The van der Waals surface area contributed by atoms with Crippen molar-refractivity contribution in [3.8, 4) is 0 Å². The molecule has 1 unspecified atom stereocenters. The zero-order valence-electron chi connectivity index (χ0n) is 10.7. The van der Waals surface area contributed by atoms with Crippen LogP contribution in [0.15, 0.2) is 0 Å². The Morgan fingerprint density at radius 2 is 1.80 bits per heavy atom. The van der Waals surface area contributed by atoms with E-state index in [0.29, 0.717) is 18.4 Å². The highest BCUT2D eigenvalue weighted by Crippen LogP contribution is 2.07. The first-order valence-corrected chi connectivity index (χ1v) is 5.87. The maximum Gasteiger partial charge on any atom is 0.323 e. The molecule has 0 aromatic heterocycles. The number of hydrogen-bond acceptors (Lipinski definition) is 3. The number of rotatable bonds is 7. The minimum absolute atomic E-state index is 0.119. The average Bonchev–Trinajstić information content (AvgIpc) is 2.11. The van der Waals surface area contributed by atoms with Gasteiger partial charge in [-0.1, -0.05) is 27.7 Å². The summed E-state index contributed by atoms with van der Waals surface area (Å²) in [5, 5.41) is 3.26. The minimum atomic E-state index is -0.146. The molecule has 0 saturated carbocycles. The molecular weight excluding hydrogens is 190 g/mol. The Balaban J connectivity index is 4.11. The summed E-state index contributed by atoms with van der Waals surface area (Å²) in [5.41, 5.74) is 0. The first-order valence-electron chi connectivity index (χ1n) is 5.87. The van der Waals surface area contributed by atoms with Crippen LogP contribution in [0.4, 0.5) is 0 Å². The van der Waals surface area contributed by atoms with Gasteiger partial charge in [0.1, 0.15) is 6.04 Å². The van der Waals surface area contributed by atoms with Crippen LogP contribution in [0.2, 0.25) is 0 Å². The summed E-state index contributed by atoms with van der Waals surface area (Å²) in [5.74, 6) is 0.931. The number of carbonyl (C=O) groups is 1. The fourth-order valence-corrected chi connectivity index (χ4v) is 1.36. The van der Waals surface area contributed by atoms with E-state index in [0.717, 1.165) is 13.0 Å². The standard InChI is InChI=1S/C12H25NO2/c1-6-15-12(14)11(7-9(2)3)13-8-10(4)5/h9-11,13H,6-8H2,1-5H3. The Hall–Kier alpha value is -0.570. The zero-order chi connectivity index (χ0) is 11.8. The molecule has 0 rings (SSSR count). The predicted molar refractivity (Wildman–Crippen MR) is 62.7 cm³/mol. The van der Waals surface area contributed by atoms with Gasteiger partial charge in [-0.15, -0.1) is 0 Å². The van der Waals surface area contributed by atoms with Crippen LogP contribution in [0.3, 0.4) is 0 Å². The van der Waals surface area contributed by atoms with E-state index in [1.54, 1.807) is 0 Å². The summed E-state index contributed by atoms with van der Waals surface area (Å²) >= 11 is 0. The van der Waals surface area contributed by atoms with E-state index < -0.39 is 0 Å². The fourth-order valence-electron chi connectivity index (χ4n) is 1.36. The zero-order valence-corrected chi connectivity index (χ0v) is 10.7. The summed E-state index contributed by atoms with van der Waals surface area (Å²) in [7, 11) is 0. The molecule has 1 atom stereocenters. The van der Waals surface area contributed by atoms with Gasteiger partial charge in [0.25, 0.3) is 0 Å². The van der Waals surface area contributed by atoms with Gasteiger partial charge in [-0.3, -0.25) is 4.79 Å². The van der Waals surface area contributed by atoms with E-state index in [2.05, 4.69) is 33.0 Å². The molecule has 0 aliphatic carbocycles. The second kappa shape index (κ2) is 7.69. The largest absolute Gasteiger partial charge is 0.465 e. The topological polar surface area (TPSA) is 38.3 Å². The van der Waals surface area contributed by atoms with Gasteiger partial charge in [0.15, 0.2) is 0 Å². The van der Waals surface area contributed by atoms with E-state index in [-0.39, 0.29) is 12.0 Å². The molecule has 0 heterocycles. The van der Waals surface area contributed by atoms with Gasteiger partial charge >= 0.3 is 5.97 Å². The second-order valence-electron chi connectivity index (χ2n) is 4.74. The highest BCUT2D eigenvalue weighted by atomic mass is 16.5. The van der Waals surface area contributed by atoms with Gasteiger partial charge < -0.3 is 10.1 Å². The molecule has 0 aliphatic heterocycles. The van der Waals surface area contributed by atoms with Crippen LogP contribution < -0.4 is 5.32 Å². The maximum absolute atomic E-state index is 11.6. The summed E-state index contributed by atoms with van der Waals surface area (Å²) < 4.78 is 5.04. The minimum Gasteiger partial charge on any atom is -0.465 e. The highest BCUT2D eigenvalue weighted by molar-refractivity contribution is 5.75. The molecule has 0 aromatic rings. The third-order valence-corrected chi connectivity index (χ3v) is 2.05. The molecule has 1 N–H and O–H groups in total. The van der Waals surface area contributed by atoms with Crippen LogP contribution in [0.5, 0.6) is 0 Å². The molecule has 0 spiro atoms. The monoisotopic (exact) mass is 215 g/mol. The van der Waals surface area contributed by atoms with Gasteiger partial charge in [-0.25, -0.2) is 0 Å². The molecule has 0 aliphatic rings. The van der Waals surface area contributed by atoms with Crippen molar-refractivity contribution in [2.75, 3.05) is 13.2 Å². The third-order valence-electron chi connectivity index (χ3n) is 2.05. The molecule has 0 bridgehead atoms. The molecule has 15 heavy (non-hydrogen) atoms. The summed E-state index contributed by atoms with van der Waals surface area (Å²) in [6.07, 6.45) is 0.839. The molecular formula is C12H25NO2. The number of hydrogen-bond donors (Lipinski definition) is 1. The average molecular weight is 215 g/mol. The number of carbonyl (C=O) groups excluding carboxylic acids is 1. The van der Waals surface area contributed by atoms with Crippen molar-refractivity contribution in [3.05, 3.63) is 0 Å². The van der Waals surface area contributed by atoms with E-state index >= 15 is 0 Å². The normalized spacial score (nSPS) is 13.3. The summed E-state index contributed by atoms with van der Waals surface area (Å²) in [4.78, 5) is 11.6. The maximum atomic E-state index is 11.6. The summed E-state index contributed by atoms with van der Waals surface area (Å²) in [6, 6.07) is -0.146. The molecule has 0 radical (unpaired) electrons. The van der Waals surface area contributed by atoms with Crippen LogP contribution in [-0.4, -0.2) is 25.2 Å². The number of nitrogens with one attached hydrogen (secondary N) is 1. The Morgan fingerprint density at radius 3 is 2.20 bits per heavy atom. The molecule has 0 saturated heterocycles. The van der Waals surface area contributed by atoms with Crippen LogP contribution >= 0.6 is 0 Å². The lowest BCUT2D eigenvalue weighted by molar-refractivity contribution is -0.146. The molecule has 3 nitrogen and oxygen atoms in total. The van der Waals surface area contributed by atoms with Gasteiger partial charge in [0.05, 0.1) is 6.61 Å². The third kappa shape index (κ3) is 7.37. The molecule has 0 aromatic carbocycles. The van der Waals surface area contributed by atoms with Crippen molar-refractivity contribution in [1.29, 1.82) is 0 Å². The van der Waals surface area contributed by atoms with Crippen LogP contribution in [0.25, 0.3) is 0 Å². The van der Waals surface area contributed by atoms with E-state index in [1.807, 2.05) is 6.92 Å². The second-order valence-corrected chi connectivity index (χ2v) is 4.74. The highest BCUT2D eigenvalue weighted by Gasteiger charge is 2.20. The van der Waals surface area contributed by atoms with Crippen molar-refractivity contribution in [1.82, 2.24) is 5.32 Å². The SMILES string of the molecule is CCOC(=O)C(CC(C)C)NCC(C)C. The van der Waals surface area contributed by atoms with Crippen LogP contribution in [-0.2, 0) is 9.53 Å². The van der Waals surface area contributed by atoms with E-state index in [1.165, 1.54) is 0 Å². The lowest BCUT2D eigenvalue weighted by atomic mass is 10.0. The van der Waals surface area contributed by atoms with E-state index in [9.17, 15) is 4.79 Å². The van der Waals surface area contributed by atoms with Crippen molar-refractivity contribution in [2.24, 2.45) is 11.8 Å². The Bertz CT molecular complexity index is 178. The lowest BCUT2D eigenvalue weighted by Gasteiger charge is -2.20. The van der Waals surface area contributed by atoms with Crippen molar-refractivity contribution >= 4 is 5.97 Å². The van der Waals surface area contributed by atoms with Crippen LogP contribution in [0, 0.1) is 11.8 Å². The van der Waals surface area contributed by atoms with Crippen molar-refractivity contribution < 1.29 is 9.53 Å². The lowest BCUT2D eigenvalue weighted by Crippen LogP contribution is -2.40. The Labute approximate surface area is 93.6 Å². The first-order chi connectivity index (χ1) is 6.97. The Morgan fingerprint density at radius 1 is 1.20 bits per heavy atom. The smallest absolute Gasteiger partial charge is 0.323 e. The van der Waals surface area contributed by atoms with Gasteiger partial charge in [-0.2, -0.15) is 0 Å². The van der Waals surface area contributed by atoms with Gasteiger partial charge in [-0.05, 0) is 31.7 Å². The molecule has 0 amide bonds. The fraction of sp³-hybridized carbons (Fsp3) is 0.917. The quantitative estimate of drug-likeness (QED) is 0.662. The molecule has 90 valence electrons. The van der Waals surface area contributed by atoms with Crippen molar-refractivity contribution in [3.63, 3.8) is 0 Å². The Kier molecular flexibility index (Phi) is 7.39. The molecule has 3 heteroatoms. The van der Waals surface area contributed by atoms with Gasteiger partial charge in [0.2, 0.25) is 0 Å². The summed E-state index contributed by atoms with van der Waals surface area (Å²) in [6.45, 7) is 11.6.